The van der Waals surface area contributed by atoms with E-state index in [-0.39, 0.29) is 40.4 Å². The summed E-state index contributed by atoms with van der Waals surface area (Å²) in [5.41, 5.74) is 0.695. The zero-order valence-electron chi connectivity index (χ0n) is 13.4. The zero-order chi connectivity index (χ0) is 18.7. The summed E-state index contributed by atoms with van der Waals surface area (Å²) in [5, 5.41) is 12.0. The summed E-state index contributed by atoms with van der Waals surface area (Å²) in [6.45, 7) is 0.120. The minimum Gasteiger partial charge on any atom is -0.326 e. The van der Waals surface area contributed by atoms with Crippen molar-refractivity contribution in [3.05, 3.63) is 69.5 Å². The first-order chi connectivity index (χ1) is 12.5. The number of benzene rings is 2. The summed E-state index contributed by atoms with van der Waals surface area (Å²) in [5.74, 6) is -0.792. The van der Waals surface area contributed by atoms with Crippen molar-refractivity contribution in [2.45, 2.75) is 13.0 Å². The summed E-state index contributed by atoms with van der Waals surface area (Å²) in [7, 11) is 0. The van der Waals surface area contributed by atoms with Crippen molar-refractivity contribution in [2.75, 3.05) is 5.32 Å². The molecule has 0 aliphatic heterocycles. The molecule has 0 spiro atoms. The minimum absolute atomic E-state index is 0.0336. The van der Waals surface area contributed by atoms with Crippen LogP contribution in [0.3, 0.4) is 0 Å². The minimum atomic E-state index is -0.470. The highest BCUT2D eigenvalue weighted by Gasteiger charge is 2.09. The van der Waals surface area contributed by atoms with Crippen LogP contribution in [0.4, 0.5) is 10.1 Å². The maximum absolute atomic E-state index is 13.2. The molecule has 3 rings (SSSR count). The van der Waals surface area contributed by atoms with Gasteiger partial charge < -0.3 is 5.32 Å². The van der Waals surface area contributed by atoms with Gasteiger partial charge in [-0.3, -0.25) is 14.2 Å². The zero-order valence-corrected chi connectivity index (χ0v) is 14.1. The molecule has 1 amide bonds. The Morgan fingerprint density at radius 2 is 2.12 bits per heavy atom. The average molecular weight is 371 g/mol. The number of amides is 1. The van der Waals surface area contributed by atoms with E-state index in [1.165, 1.54) is 41.2 Å². The lowest BCUT2D eigenvalue weighted by molar-refractivity contribution is -0.116. The Balaban J connectivity index is 1.70. The van der Waals surface area contributed by atoms with Crippen LogP contribution in [0.5, 0.6) is 0 Å². The Hall–Kier alpha value is -3.24. The van der Waals surface area contributed by atoms with Crippen molar-refractivity contribution in [2.24, 2.45) is 0 Å². The normalized spacial score (nSPS) is 10.5. The summed E-state index contributed by atoms with van der Waals surface area (Å²) >= 11 is 5.92. The van der Waals surface area contributed by atoms with Gasteiger partial charge in [0, 0.05) is 24.7 Å². The number of rotatable bonds is 4. The van der Waals surface area contributed by atoms with E-state index >= 15 is 0 Å². The van der Waals surface area contributed by atoms with Crippen LogP contribution in [-0.4, -0.2) is 15.5 Å². The Morgan fingerprint density at radius 1 is 1.31 bits per heavy atom. The molecule has 1 N–H and O–H groups in total. The quantitative estimate of drug-likeness (QED) is 0.764. The molecule has 0 saturated carbocycles. The molecule has 1 aromatic heterocycles. The van der Waals surface area contributed by atoms with Gasteiger partial charge in [-0.25, -0.2) is 9.37 Å². The number of anilines is 1. The molecule has 3 aromatic rings. The SMILES string of the molecule is N#Cc1ccc(NC(=O)CCn2cnc3cc(F)ccc3c2=O)cc1Cl. The van der Waals surface area contributed by atoms with E-state index in [0.717, 1.165) is 0 Å². The summed E-state index contributed by atoms with van der Waals surface area (Å²) in [6, 6.07) is 10.2. The van der Waals surface area contributed by atoms with Crippen LogP contribution in [0.2, 0.25) is 5.02 Å². The molecule has 0 unspecified atom stereocenters. The van der Waals surface area contributed by atoms with Gasteiger partial charge in [0.15, 0.2) is 0 Å². The molecule has 0 aliphatic rings. The van der Waals surface area contributed by atoms with E-state index in [2.05, 4.69) is 10.3 Å². The van der Waals surface area contributed by atoms with Crippen LogP contribution in [0.15, 0.2) is 47.5 Å². The summed E-state index contributed by atoms with van der Waals surface area (Å²) in [4.78, 5) is 28.5. The molecular weight excluding hydrogens is 359 g/mol. The van der Waals surface area contributed by atoms with Gasteiger partial charge in [0.25, 0.3) is 5.56 Å². The molecule has 1 heterocycles. The standard InChI is InChI=1S/C18H12ClFN4O2/c19-15-8-13(3-1-11(15)9-21)23-17(25)5-6-24-10-22-16-7-12(20)2-4-14(16)18(24)26/h1-4,7-8,10H,5-6H2,(H,23,25). The molecule has 6 nitrogen and oxygen atoms in total. The first kappa shape index (κ1) is 17.6. The van der Waals surface area contributed by atoms with Crippen molar-refractivity contribution in [3.63, 3.8) is 0 Å². The number of nitrogens with one attached hydrogen (secondary N) is 1. The molecule has 0 fully saturated rings. The maximum Gasteiger partial charge on any atom is 0.261 e. The number of carbonyl (C=O) groups is 1. The highest BCUT2D eigenvalue weighted by molar-refractivity contribution is 6.32. The fraction of sp³-hybridized carbons (Fsp3) is 0.111. The van der Waals surface area contributed by atoms with E-state index in [9.17, 15) is 14.0 Å². The second-order valence-electron chi connectivity index (χ2n) is 5.51. The highest BCUT2D eigenvalue weighted by Crippen LogP contribution is 2.20. The third-order valence-corrected chi connectivity index (χ3v) is 4.05. The molecule has 0 atom stereocenters. The Morgan fingerprint density at radius 3 is 2.85 bits per heavy atom. The lowest BCUT2D eigenvalue weighted by atomic mass is 10.2. The van der Waals surface area contributed by atoms with Crippen LogP contribution in [0.1, 0.15) is 12.0 Å². The van der Waals surface area contributed by atoms with E-state index in [1.807, 2.05) is 6.07 Å². The van der Waals surface area contributed by atoms with E-state index in [4.69, 9.17) is 16.9 Å². The summed E-state index contributed by atoms with van der Waals surface area (Å²) < 4.78 is 14.5. The van der Waals surface area contributed by atoms with Crippen molar-refractivity contribution in [1.29, 1.82) is 5.26 Å². The van der Waals surface area contributed by atoms with E-state index < -0.39 is 5.82 Å². The molecular formula is C18H12ClFN4O2. The number of fused-ring (bicyclic) bond motifs is 1. The molecule has 2 aromatic carbocycles. The van der Waals surface area contributed by atoms with Gasteiger partial charge in [-0.15, -0.1) is 0 Å². The maximum atomic E-state index is 13.2. The number of aromatic nitrogens is 2. The van der Waals surface area contributed by atoms with Crippen LogP contribution in [0, 0.1) is 17.1 Å². The molecule has 0 radical (unpaired) electrons. The fourth-order valence-corrected chi connectivity index (χ4v) is 2.64. The Kier molecular flexibility index (Phi) is 4.96. The smallest absolute Gasteiger partial charge is 0.261 e. The molecule has 26 heavy (non-hydrogen) atoms. The molecule has 0 aliphatic carbocycles. The predicted octanol–water partition coefficient (Wildman–Crippen LogP) is 3.09. The second kappa shape index (κ2) is 7.33. The topological polar surface area (TPSA) is 87.8 Å². The van der Waals surface area contributed by atoms with E-state index in [1.54, 1.807) is 6.07 Å². The first-order valence-electron chi connectivity index (χ1n) is 7.62. The lowest BCUT2D eigenvalue weighted by Gasteiger charge is -2.08. The van der Waals surface area contributed by atoms with Gasteiger partial charge in [0.1, 0.15) is 11.9 Å². The Bertz CT molecular complexity index is 1100. The van der Waals surface area contributed by atoms with Crippen molar-refractivity contribution < 1.29 is 9.18 Å². The number of aryl methyl sites for hydroxylation is 1. The number of halogens is 2. The largest absolute Gasteiger partial charge is 0.326 e. The molecule has 0 saturated heterocycles. The lowest BCUT2D eigenvalue weighted by Crippen LogP contribution is -2.23. The van der Waals surface area contributed by atoms with Crippen molar-refractivity contribution in [1.82, 2.24) is 9.55 Å². The first-order valence-corrected chi connectivity index (χ1v) is 8.00. The van der Waals surface area contributed by atoms with Gasteiger partial charge >= 0.3 is 0 Å². The van der Waals surface area contributed by atoms with Crippen LogP contribution >= 0.6 is 11.6 Å². The summed E-state index contributed by atoms with van der Waals surface area (Å²) in [6.07, 6.45) is 1.32. The third-order valence-electron chi connectivity index (χ3n) is 3.74. The molecule has 0 bridgehead atoms. The van der Waals surface area contributed by atoms with Gasteiger partial charge in [-0.2, -0.15) is 5.26 Å². The number of carbonyl (C=O) groups excluding carboxylic acids is 1. The number of nitriles is 1. The second-order valence-corrected chi connectivity index (χ2v) is 5.92. The number of hydrogen-bond acceptors (Lipinski definition) is 4. The van der Waals surface area contributed by atoms with Crippen LogP contribution in [-0.2, 0) is 11.3 Å². The molecule has 8 heteroatoms. The van der Waals surface area contributed by atoms with Gasteiger partial charge in [0.05, 0.1) is 27.8 Å². The molecule has 130 valence electrons. The van der Waals surface area contributed by atoms with Crippen LogP contribution < -0.4 is 10.9 Å². The monoisotopic (exact) mass is 370 g/mol. The van der Waals surface area contributed by atoms with E-state index in [0.29, 0.717) is 11.3 Å². The van der Waals surface area contributed by atoms with Crippen molar-refractivity contribution in [3.8, 4) is 6.07 Å². The Labute approximate surface area is 152 Å². The fourth-order valence-electron chi connectivity index (χ4n) is 2.42. The van der Waals surface area contributed by atoms with Gasteiger partial charge in [0.2, 0.25) is 5.91 Å². The van der Waals surface area contributed by atoms with Crippen LogP contribution in [0.25, 0.3) is 10.9 Å². The number of hydrogen-bond donors (Lipinski definition) is 1. The van der Waals surface area contributed by atoms with Gasteiger partial charge in [-0.1, -0.05) is 11.6 Å². The van der Waals surface area contributed by atoms with Crippen molar-refractivity contribution >= 4 is 34.1 Å². The third kappa shape index (κ3) is 3.71. The van der Waals surface area contributed by atoms with Gasteiger partial charge in [-0.05, 0) is 30.3 Å². The highest BCUT2D eigenvalue weighted by atomic mass is 35.5. The average Bonchev–Trinajstić information content (AvgIpc) is 2.61. The predicted molar refractivity (Wildman–Crippen MR) is 95.4 cm³/mol. The number of nitrogens with zero attached hydrogens (tertiary/aromatic N) is 3.